The number of rotatable bonds is 3. The fraction of sp³-hybridized carbons (Fsp3) is 0.400. The molecule has 0 unspecified atom stereocenters. The largest absolute Gasteiger partial charge is 0.245 e. The predicted molar refractivity (Wildman–Crippen MR) is 59.6 cm³/mol. The molecule has 0 radical (unpaired) electrons. The maximum Gasteiger partial charge on any atom is 0.141 e. The van der Waals surface area contributed by atoms with Gasteiger partial charge in [0.15, 0.2) is 0 Å². The first-order chi connectivity index (χ1) is 6.57. The number of hydrogen-bond acceptors (Lipinski definition) is 3. The first kappa shape index (κ1) is 11.4. The number of thioether (sulfide) groups is 1. The number of aromatic nitrogens is 1. The molecule has 1 rings (SSSR count). The van der Waals surface area contributed by atoms with Crippen molar-refractivity contribution in [2.24, 2.45) is 0 Å². The van der Waals surface area contributed by atoms with E-state index in [1.54, 1.807) is 24.0 Å². The molecular formula is C10H11ClN2S. The molecule has 0 aromatic carbocycles. The third-order valence-electron chi connectivity index (χ3n) is 1.56. The van der Waals surface area contributed by atoms with Crippen LogP contribution in [0.5, 0.6) is 0 Å². The third-order valence-corrected chi connectivity index (χ3v) is 3.58. The first-order valence-electron chi connectivity index (χ1n) is 4.18. The van der Waals surface area contributed by atoms with E-state index >= 15 is 0 Å². The zero-order valence-electron chi connectivity index (χ0n) is 8.12. The van der Waals surface area contributed by atoms with Crippen molar-refractivity contribution in [3.05, 3.63) is 24.0 Å². The fourth-order valence-electron chi connectivity index (χ4n) is 0.882. The monoisotopic (exact) mass is 226 g/mol. The van der Waals surface area contributed by atoms with Gasteiger partial charge in [-0.25, -0.2) is 4.98 Å². The SMILES string of the molecule is CC(C)(CCl)Sc1ccnc(C#N)c1. The van der Waals surface area contributed by atoms with Crippen molar-refractivity contribution in [2.45, 2.75) is 23.5 Å². The highest BCUT2D eigenvalue weighted by molar-refractivity contribution is 8.00. The lowest BCUT2D eigenvalue weighted by molar-refractivity contribution is 0.811. The summed E-state index contributed by atoms with van der Waals surface area (Å²) in [7, 11) is 0. The summed E-state index contributed by atoms with van der Waals surface area (Å²) in [4.78, 5) is 4.94. The van der Waals surface area contributed by atoms with Crippen molar-refractivity contribution < 1.29 is 0 Å². The molecule has 1 aromatic heterocycles. The number of nitrogens with zero attached hydrogens (tertiary/aromatic N) is 2. The van der Waals surface area contributed by atoms with Crippen LogP contribution in [0.25, 0.3) is 0 Å². The lowest BCUT2D eigenvalue weighted by Gasteiger charge is -2.20. The number of pyridine rings is 1. The minimum Gasteiger partial charge on any atom is -0.245 e. The van der Waals surface area contributed by atoms with Crippen LogP contribution >= 0.6 is 23.4 Å². The predicted octanol–water partition coefficient (Wildman–Crippen LogP) is 3.06. The van der Waals surface area contributed by atoms with E-state index in [-0.39, 0.29) is 4.75 Å². The van der Waals surface area contributed by atoms with Gasteiger partial charge < -0.3 is 0 Å². The van der Waals surface area contributed by atoms with Crippen LogP contribution in [-0.4, -0.2) is 15.6 Å². The topological polar surface area (TPSA) is 36.7 Å². The highest BCUT2D eigenvalue weighted by Gasteiger charge is 2.17. The molecule has 14 heavy (non-hydrogen) atoms. The molecule has 1 heterocycles. The van der Waals surface area contributed by atoms with Gasteiger partial charge >= 0.3 is 0 Å². The van der Waals surface area contributed by atoms with Gasteiger partial charge in [-0.1, -0.05) is 0 Å². The Balaban J connectivity index is 2.83. The Morgan fingerprint density at radius 1 is 1.64 bits per heavy atom. The van der Waals surface area contributed by atoms with Crippen LogP contribution in [0.2, 0.25) is 0 Å². The molecular weight excluding hydrogens is 216 g/mol. The second-order valence-electron chi connectivity index (χ2n) is 3.48. The van der Waals surface area contributed by atoms with Crippen LogP contribution in [0.3, 0.4) is 0 Å². The molecule has 0 saturated heterocycles. The molecule has 0 amide bonds. The average molecular weight is 227 g/mol. The molecule has 0 saturated carbocycles. The van der Waals surface area contributed by atoms with Crippen LogP contribution < -0.4 is 0 Å². The van der Waals surface area contributed by atoms with Gasteiger partial charge in [0.05, 0.1) is 0 Å². The maximum atomic E-state index is 8.67. The zero-order valence-corrected chi connectivity index (χ0v) is 9.69. The highest BCUT2D eigenvalue weighted by atomic mass is 35.5. The van der Waals surface area contributed by atoms with Crippen LogP contribution in [0, 0.1) is 11.3 Å². The molecule has 4 heteroatoms. The van der Waals surface area contributed by atoms with E-state index in [0.717, 1.165) is 4.90 Å². The molecule has 0 aliphatic carbocycles. The molecule has 0 spiro atoms. The van der Waals surface area contributed by atoms with Crippen molar-refractivity contribution in [3.63, 3.8) is 0 Å². The molecule has 74 valence electrons. The van der Waals surface area contributed by atoms with E-state index in [2.05, 4.69) is 18.8 Å². The summed E-state index contributed by atoms with van der Waals surface area (Å²) >= 11 is 7.47. The lowest BCUT2D eigenvalue weighted by Crippen LogP contribution is -2.16. The van der Waals surface area contributed by atoms with E-state index in [1.165, 1.54) is 0 Å². The number of alkyl halides is 1. The minimum atomic E-state index is -0.0182. The molecule has 1 aromatic rings. The number of hydrogen-bond donors (Lipinski definition) is 0. The van der Waals surface area contributed by atoms with Crippen LogP contribution in [-0.2, 0) is 0 Å². The minimum absolute atomic E-state index is 0.0182. The Hall–Kier alpha value is -0.720. The second kappa shape index (κ2) is 4.68. The Morgan fingerprint density at radius 3 is 2.93 bits per heavy atom. The van der Waals surface area contributed by atoms with Crippen LogP contribution in [0.1, 0.15) is 19.5 Å². The van der Waals surface area contributed by atoms with Gasteiger partial charge in [-0.2, -0.15) is 5.26 Å². The standard InChI is InChI=1S/C10H11ClN2S/c1-10(2,7-11)14-9-3-4-13-8(5-9)6-12/h3-5H,7H2,1-2H3. The molecule has 0 fully saturated rings. The molecule has 0 aliphatic rings. The summed E-state index contributed by atoms with van der Waals surface area (Å²) < 4.78 is -0.0182. The summed E-state index contributed by atoms with van der Waals surface area (Å²) in [5.41, 5.74) is 0.445. The average Bonchev–Trinajstić information content (AvgIpc) is 2.17. The van der Waals surface area contributed by atoms with Gasteiger partial charge in [-0.15, -0.1) is 23.4 Å². The van der Waals surface area contributed by atoms with E-state index < -0.39 is 0 Å². The Labute approximate surface area is 93.3 Å². The smallest absolute Gasteiger partial charge is 0.141 e. The number of halogens is 1. The van der Waals surface area contributed by atoms with Crippen molar-refractivity contribution >= 4 is 23.4 Å². The summed E-state index contributed by atoms with van der Waals surface area (Å²) in [6.07, 6.45) is 1.64. The van der Waals surface area contributed by atoms with E-state index in [9.17, 15) is 0 Å². The summed E-state index contributed by atoms with van der Waals surface area (Å²) in [6.45, 7) is 4.13. The molecule has 0 bridgehead atoms. The van der Waals surface area contributed by atoms with Gasteiger partial charge in [0, 0.05) is 21.7 Å². The highest BCUT2D eigenvalue weighted by Crippen LogP contribution is 2.33. The van der Waals surface area contributed by atoms with Gasteiger partial charge in [-0.3, -0.25) is 0 Å². The normalized spacial score (nSPS) is 11.0. The van der Waals surface area contributed by atoms with Crippen LogP contribution in [0.15, 0.2) is 23.2 Å². The van der Waals surface area contributed by atoms with Crippen molar-refractivity contribution in [1.29, 1.82) is 5.26 Å². The molecule has 2 nitrogen and oxygen atoms in total. The molecule has 0 atom stereocenters. The Kier molecular flexibility index (Phi) is 3.79. The number of nitriles is 1. The van der Waals surface area contributed by atoms with E-state index in [0.29, 0.717) is 11.6 Å². The van der Waals surface area contributed by atoms with Gasteiger partial charge in [-0.05, 0) is 26.0 Å². The zero-order chi connectivity index (χ0) is 10.6. The molecule has 0 aliphatic heterocycles. The van der Waals surface area contributed by atoms with Crippen molar-refractivity contribution in [2.75, 3.05) is 5.88 Å². The summed E-state index contributed by atoms with van der Waals surface area (Å²) in [5.74, 6) is 0.571. The lowest BCUT2D eigenvalue weighted by atomic mass is 10.2. The summed E-state index contributed by atoms with van der Waals surface area (Å²) in [5, 5.41) is 8.67. The first-order valence-corrected chi connectivity index (χ1v) is 5.53. The van der Waals surface area contributed by atoms with Crippen LogP contribution in [0.4, 0.5) is 0 Å². The van der Waals surface area contributed by atoms with Gasteiger partial charge in [0.1, 0.15) is 11.8 Å². The quantitative estimate of drug-likeness (QED) is 0.587. The third kappa shape index (κ3) is 3.21. The van der Waals surface area contributed by atoms with E-state index in [1.807, 2.05) is 12.1 Å². The second-order valence-corrected chi connectivity index (χ2v) is 5.53. The van der Waals surface area contributed by atoms with Crippen molar-refractivity contribution in [1.82, 2.24) is 4.98 Å². The fourth-order valence-corrected chi connectivity index (χ4v) is 2.04. The van der Waals surface area contributed by atoms with Crippen molar-refractivity contribution in [3.8, 4) is 6.07 Å². The Morgan fingerprint density at radius 2 is 2.36 bits per heavy atom. The van der Waals surface area contributed by atoms with E-state index in [4.69, 9.17) is 16.9 Å². The van der Waals surface area contributed by atoms with Gasteiger partial charge in [0.25, 0.3) is 0 Å². The molecule has 0 N–H and O–H groups in total. The maximum absolute atomic E-state index is 8.67. The Bertz CT molecular complexity index is 357. The van der Waals surface area contributed by atoms with Gasteiger partial charge in [0.2, 0.25) is 0 Å². The summed E-state index contributed by atoms with van der Waals surface area (Å²) in [6, 6.07) is 5.68.